The lowest BCUT2D eigenvalue weighted by Crippen LogP contribution is -2.50. The third-order valence-corrected chi connectivity index (χ3v) is 5.92. The van der Waals surface area contributed by atoms with Crippen molar-refractivity contribution < 1.29 is 14.0 Å². The number of hydrogen-bond donors (Lipinski definition) is 0. The fourth-order valence-corrected chi connectivity index (χ4v) is 4.03. The van der Waals surface area contributed by atoms with Crippen LogP contribution < -0.4 is 0 Å². The van der Waals surface area contributed by atoms with Crippen LogP contribution in [0.2, 0.25) is 0 Å². The minimum atomic E-state index is -0.381. The summed E-state index contributed by atoms with van der Waals surface area (Å²) in [7, 11) is 0. The number of carbonyl (C=O) groups excluding carboxylic acids is 2. The second-order valence-electron chi connectivity index (χ2n) is 8.05. The topological polar surface area (TPSA) is 45.6 Å². The highest BCUT2D eigenvalue weighted by Gasteiger charge is 2.26. The second kappa shape index (κ2) is 8.38. The van der Waals surface area contributed by atoms with E-state index in [1.54, 1.807) is 28.9 Å². The van der Waals surface area contributed by atoms with E-state index in [0.717, 1.165) is 17.1 Å². The maximum Gasteiger partial charge on any atom is 0.254 e. The van der Waals surface area contributed by atoms with Gasteiger partial charge in [-0.2, -0.15) is 0 Å². The van der Waals surface area contributed by atoms with Crippen LogP contribution in [0.5, 0.6) is 0 Å². The minimum absolute atomic E-state index is 0.0408. The molecule has 2 heterocycles. The average molecular weight is 420 g/mol. The molecule has 0 saturated carbocycles. The molecule has 160 valence electrons. The molecule has 2 aromatic carbocycles. The van der Waals surface area contributed by atoms with Gasteiger partial charge in [0.25, 0.3) is 11.8 Å². The number of rotatable bonds is 3. The SMILES string of the molecule is Cc1ccc(C(=O)N2CCN(C(=O)c3ccc(-n4c(C)ccc4C)cc3)CC2)cc1F. The lowest BCUT2D eigenvalue weighted by molar-refractivity contribution is 0.0535. The van der Waals surface area contributed by atoms with E-state index in [1.807, 2.05) is 24.3 Å². The molecule has 2 amide bonds. The van der Waals surface area contributed by atoms with Crippen molar-refractivity contribution in [1.82, 2.24) is 14.4 Å². The van der Waals surface area contributed by atoms with Crippen molar-refractivity contribution in [3.05, 3.63) is 88.5 Å². The molecule has 4 rings (SSSR count). The molecule has 0 bridgehead atoms. The molecule has 0 aliphatic carbocycles. The molecular weight excluding hydrogens is 393 g/mol. The van der Waals surface area contributed by atoms with E-state index in [-0.39, 0.29) is 17.6 Å². The van der Waals surface area contributed by atoms with Crippen LogP contribution in [-0.4, -0.2) is 52.4 Å². The molecule has 0 N–H and O–H groups in total. The van der Waals surface area contributed by atoms with E-state index in [9.17, 15) is 14.0 Å². The highest BCUT2D eigenvalue weighted by atomic mass is 19.1. The Morgan fingerprint density at radius 3 is 1.71 bits per heavy atom. The predicted octanol–water partition coefficient (Wildman–Crippen LogP) is 4.14. The zero-order chi connectivity index (χ0) is 22.1. The van der Waals surface area contributed by atoms with Crippen molar-refractivity contribution in [2.75, 3.05) is 26.2 Å². The van der Waals surface area contributed by atoms with Gasteiger partial charge in [0.05, 0.1) is 0 Å². The van der Waals surface area contributed by atoms with Crippen molar-refractivity contribution in [2.24, 2.45) is 0 Å². The molecule has 1 fully saturated rings. The van der Waals surface area contributed by atoms with Crippen LogP contribution in [0.25, 0.3) is 5.69 Å². The first kappa shape index (κ1) is 20.8. The Labute approximate surface area is 181 Å². The summed E-state index contributed by atoms with van der Waals surface area (Å²) in [5, 5.41) is 0. The Bertz CT molecular complexity index is 1110. The van der Waals surface area contributed by atoms with E-state index >= 15 is 0 Å². The van der Waals surface area contributed by atoms with Gasteiger partial charge in [0.15, 0.2) is 0 Å². The van der Waals surface area contributed by atoms with Crippen molar-refractivity contribution in [3.8, 4) is 5.69 Å². The molecule has 1 aliphatic heterocycles. The number of benzene rings is 2. The summed E-state index contributed by atoms with van der Waals surface area (Å²) in [5.41, 5.74) is 4.80. The Hall–Kier alpha value is -3.41. The summed E-state index contributed by atoms with van der Waals surface area (Å²) >= 11 is 0. The molecule has 1 saturated heterocycles. The summed E-state index contributed by atoms with van der Waals surface area (Å²) in [4.78, 5) is 29.0. The first-order valence-corrected chi connectivity index (χ1v) is 10.5. The van der Waals surface area contributed by atoms with Crippen LogP contribution in [0.15, 0.2) is 54.6 Å². The van der Waals surface area contributed by atoms with Gasteiger partial charge in [-0.1, -0.05) is 6.07 Å². The zero-order valence-corrected chi connectivity index (χ0v) is 18.1. The Balaban J connectivity index is 1.40. The van der Waals surface area contributed by atoms with Crippen molar-refractivity contribution in [3.63, 3.8) is 0 Å². The number of aromatic nitrogens is 1. The zero-order valence-electron chi connectivity index (χ0n) is 18.1. The number of halogens is 1. The van der Waals surface area contributed by atoms with Crippen LogP contribution in [0.3, 0.4) is 0 Å². The van der Waals surface area contributed by atoms with Gasteiger partial charge in [-0.3, -0.25) is 9.59 Å². The third kappa shape index (κ3) is 4.10. The fourth-order valence-electron chi connectivity index (χ4n) is 4.03. The Kier molecular flexibility index (Phi) is 5.63. The van der Waals surface area contributed by atoms with E-state index in [1.165, 1.54) is 6.07 Å². The van der Waals surface area contributed by atoms with E-state index in [4.69, 9.17) is 0 Å². The molecule has 0 atom stereocenters. The van der Waals surface area contributed by atoms with Crippen molar-refractivity contribution in [1.29, 1.82) is 0 Å². The average Bonchev–Trinajstić information content (AvgIpc) is 3.13. The highest BCUT2D eigenvalue weighted by molar-refractivity contribution is 5.96. The molecule has 5 nitrogen and oxygen atoms in total. The van der Waals surface area contributed by atoms with Gasteiger partial charge in [-0.15, -0.1) is 0 Å². The van der Waals surface area contributed by atoms with Crippen LogP contribution in [0, 0.1) is 26.6 Å². The molecule has 1 aromatic heterocycles. The number of carbonyl (C=O) groups is 2. The van der Waals surface area contributed by atoms with Crippen molar-refractivity contribution >= 4 is 11.8 Å². The number of hydrogen-bond acceptors (Lipinski definition) is 2. The molecule has 31 heavy (non-hydrogen) atoms. The van der Waals surface area contributed by atoms with Crippen LogP contribution >= 0.6 is 0 Å². The fraction of sp³-hybridized carbons (Fsp3) is 0.280. The van der Waals surface area contributed by atoms with Crippen LogP contribution in [-0.2, 0) is 0 Å². The Morgan fingerprint density at radius 1 is 0.710 bits per heavy atom. The van der Waals surface area contributed by atoms with Crippen molar-refractivity contribution in [2.45, 2.75) is 20.8 Å². The van der Waals surface area contributed by atoms with Crippen LogP contribution in [0.4, 0.5) is 4.39 Å². The summed E-state index contributed by atoms with van der Waals surface area (Å²) < 4.78 is 15.9. The number of nitrogens with zero attached hydrogens (tertiary/aromatic N) is 3. The second-order valence-corrected chi connectivity index (χ2v) is 8.05. The molecular formula is C25H26FN3O2. The normalized spacial score (nSPS) is 14.1. The Morgan fingerprint density at radius 2 is 1.19 bits per heavy atom. The molecule has 0 spiro atoms. The third-order valence-electron chi connectivity index (χ3n) is 5.92. The lowest BCUT2D eigenvalue weighted by Gasteiger charge is -2.35. The van der Waals surface area contributed by atoms with Gasteiger partial charge >= 0.3 is 0 Å². The maximum atomic E-state index is 13.8. The molecule has 6 heteroatoms. The molecule has 0 unspecified atom stereocenters. The van der Waals surface area contributed by atoms with Gasteiger partial charge in [0, 0.05) is 54.4 Å². The first-order chi connectivity index (χ1) is 14.8. The number of piperazine rings is 1. The highest BCUT2D eigenvalue weighted by Crippen LogP contribution is 2.19. The monoisotopic (exact) mass is 419 g/mol. The summed E-state index contributed by atoms with van der Waals surface area (Å²) in [6.07, 6.45) is 0. The number of aryl methyl sites for hydroxylation is 3. The minimum Gasteiger partial charge on any atom is -0.335 e. The smallest absolute Gasteiger partial charge is 0.254 e. The quantitative estimate of drug-likeness (QED) is 0.641. The van der Waals surface area contributed by atoms with Crippen LogP contribution in [0.1, 0.15) is 37.7 Å². The summed E-state index contributed by atoms with van der Waals surface area (Å²) in [5.74, 6) is -0.623. The molecule has 3 aromatic rings. The van der Waals surface area contributed by atoms with Gasteiger partial charge in [0.1, 0.15) is 5.82 Å². The van der Waals surface area contributed by atoms with Gasteiger partial charge < -0.3 is 14.4 Å². The van der Waals surface area contributed by atoms with Gasteiger partial charge in [0.2, 0.25) is 0 Å². The maximum absolute atomic E-state index is 13.8. The van der Waals surface area contributed by atoms with Gasteiger partial charge in [-0.05, 0) is 74.9 Å². The summed E-state index contributed by atoms with van der Waals surface area (Å²) in [6.45, 7) is 7.55. The lowest BCUT2D eigenvalue weighted by atomic mass is 10.1. The van der Waals surface area contributed by atoms with E-state index in [0.29, 0.717) is 42.9 Å². The molecule has 0 radical (unpaired) electrons. The predicted molar refractivity (Wildman–Crippen MR) is 118 cm³/mol. The summed E-state index contributed by atoms with van der Waals surface area (Å²) in [6, 6.07) is 16.3. The standard InChI is InChI=1S/C25H26FN3O2/c1-17-4-7-21(16-23(17)26)25(31)28-14-12-27(13-15-28)24(30)20-8-10-22(11-9-20)29-18(2)5-6-19(29)3/h4-11,16H,12-15H2,1-3H3. The first-order valence-electron chi connectivity index (χ1n) is 10.5. The van der Waals surface area contributed by atoms with E-state index < -0.39 is 0 Å². The van der Waals surface area contributed by atoms with Gasteiger partial charge in [-0.25, -0.2) is 4.39 Å². The molecule has 1 aliphatic rings. The van der Waals surface area contributed by atoms with E-state index in [2.05, 4.69) is 30.5 Å². The number of amides is 2. The largest absolute Gasteiger partial charge is 0.335 e.